The number of quaternary nitrogens is 1. The van der Waals surface area contributed by atoms with Crippen molar-refractivity contribution in [2.75, 3.05) is 41.9 Å². The zero-order chi connectivity index (χ0) is 22.4. The van der Waals surface area contributed by atoms with Crippen LogP contribution in [-0.4, -0.2) is 46.4 Å². The molecule has 6 heteroatoms. The van der Waals surface area contributed by atoms with Gasteiger partial charge in [-0.25, -0.2) is 0 Å². The normalized spacial score (nSPS) is 12.0. The number of phosphoric acid groups is 1. The minimum absolute atomic E-state index is 1.04. The summed E-state index contributed by atoms with van der Waals surface area (Å²) >= 11 is 0. The van der Waals surface area contributed by atoms with Crippen LogP contribution in [0.5, 0.6) is 0 Å². The maximum absolute atomic E-state index is 9.95. The average molecular weight is 438 g/mol. The molecule has 0 amide bonds. The fourth-order valence-electron chi connectivity index (χ4n) is 3.21. The fourth-order valence-corrected chi connectivity index (χ4v) is 3.36. The van der Waals surface area contributed by atoms with Crippen LogP contribution in [0.4, 0.5) is 0 Å². The molecule has 0 saturated heterocycles. The van der Waals surface area contributed by atoms with Crippen molar-refractivity contribution in [2.45, 2.75) is 110 Å². The van der Waals surface area contributed by atoms with Gasteiger partial charge in [0.1, 0.15) is 0 Å². The van der Waals surface area contributed by atoms with Crippen LogP contribution in [0.15, 0.2) is 0 Å². The summed E-state index contributed by atoms with van der Waals surface area (Å²) in [6, 6.07) is 0. The Morgan fingerprint density at radius 3 is 1.10 bits per heavy atom. The Bertz CT molecular complexity index is 364. The van der Waals surface area contributed by atoms with Gasteiger partial charge in [0, 0.05) is 14.2 Å². The van der Waals surface area contributed by atoms with E-state index in [4.69, 9.17) is 0 Å². The monoisotopic (exact) mass is 437 g/mol. The van der Waals surface area contributed by atoms with Gasteiger partial charge in [0.25, 0.3) is 7.82 Å². The van der Waals surface area contributed by atoms with E-state index in [1.54, 1.807) is 0 Å². The van der Waals surface area contributed by atoms with E-state index in [0.29, 0.717) is 0 Å². The first kappa shape index (κ1) is 31.3. The summed E-state index contributed by atoms with van der Waals surface area (Å²) < 4.78 is 18.8. The van der Waals surface area contributed by atoms with Gasteiger partial charge in [-0.2, -0.15) is 0 Å². The first-order chi connectivity index (χ1) is 13.7. The molecule has 0 unspecified atom stereocenters. The number of unbranched alkanes of at least 4 members (excludes halogenated alkanes) is 15. The third-order valence-corrected chi connectivity index (χ3v) is 6.02. The van der Waals surface area contributed by atoms with E-state index in [1.807, 2.05) is 0 Å². The van der Waals surface area contributed by atoms with Crippen LogP contribution < -0.4 is 4.89 Å². The third kappa shape index (κ3) is 30.4. The number of phosphoric ester groups is 1. The molecule has 0 bridgehead atoms. The molecule has 0 aliphatic rings. The summed E-state index contributed by atoms with van der Waals surface area (Å²) in [6.07, 6.45) is 23.4. The summed E-state index contributed by atoms with van der Waals surface area (Å²) in [5.41, 5.74) is 0. The second-order valence-electron chi connectivity index (χ2n) is 9.13. The van der Waals surface area contributed by atoms with Crippen molar-refractivity contribution >= 4 is 7.82 Å². The molecule has 0 N–H and O–H groups in total. The summed E-state index contributed by atoms with van der Waals surface area (Å²) in [5.74, 6) is 0. The summed E-state index contributed by atoms with van der Waals surface area (Å²) in [7, 11) is 5.06. The van der Waals surface area contributed by atoms with Gasteiger partial charge in [-0.15, -0.1) is 0 Å². The van der Waals surface area contributed by atoms with E-state index < -0.39 is 7.82 Å². The van der Waals surface area contributed by atoms with Crippen LogP contribution >= 0.6 is 7.82 Å². The lowest BCUT2D eigenvalue weighted by Gasteiger charge is -2.23. The predicted molar refractivity (Wildman–Crippen MR) is 124 cm³/mol. The van der Waals surface area contributed by atoms with Crippen molar-refractivity contribution in [2.24, 2.45) is 0 Å². The number of hydrogen-bond donors (Lipinski definition) is 0. The van der Waals surface area contributed by atoms with Gasteiger partial charge in [-0.3, -0.25) is 4.57 Å². The van der Waals surface area contributed by atoms with Crippen molar-refractivity contribution in [1.29, 1.82) is 0 Å². The second kappa shape index (κ2) is 21.3. The molecule has 0 aromatic carbocycles. The van der Waals surface area contributed by atoms with Crippen molar-refractivity contribution in [3.8, 4) is 0 Å². The first-order valence-corrected chi connectivity index (χ1v) is 13.4. The summed E-state index contributed by atoms with van der Waals surface area (Å²) in [5, 5.41) is 0. The molecular formula is C23H52NO4P. The Morgan fingerprint density at radius 1 is 0.621 bits per heavy atom. The van der Waals surface area contributed by atoms with Crippen molar-refractivity contribution < 1.29 is 23.0 Å². The lowest BCUT2D eigenvalue weighted by molar-refractivity contribution is -0.870. The molecule has 0 rings (SSSR count). The van der Waals surface area contributed by atoms with E-state index in [9.17, 15) is 9.46 Å². The van der Waals surface area contributed by atoms with Crippen LogP contribution in [0.2, 0.25) is 0 Å². The average Bonchev–Trinajstić information content (AvgIpc) is 2.67. The molecule has 0 saturated carbocycles. The molecule has 0 aliphatic carbocycles. The molecule has 0 aliphatic heterocycles. The molecule has 0 atom stereocenters. The van der Waals surface area contributed by atoms with Crippen LogP contribution in [0, 0.1) is 0 Å². The Labute approximate surface area is 182 Å². The highest BCUT2D eigenvalue weighted by atomic mass is 31.2. The fraction of sp³-hybridized carbons (Fsp3) is 1.00. The van der Waals surface area contributed by atoms with Crippen LogP contribution in [0.25, 0.3) is 0 Å². The van der Waals surface area contributed by atoms with E-state index in [-0.39, 0.29) is 0 Å². The van der Waals surface area contributed by atoms with Gasteiger partial charge < -0.3 is 18.4 Å². The molecule has 29 heavy (non-hydrogen) atoms. The van der Waals surface area contributed by atoms with Crippen LogP contribution in [0.3, 0.4) is 0 Å². The Balaban J connectivity index is 0. The SMILES string of the molecule is CCCCCCCCCCCCCCCCCC[N+](C)(C)C.COP(=O)([O-])OC. The second-order valence-corrected chi connectivity index (χ2v) is 10.8. The van der Waals surface area contributed by atoms with Crippen molar-refractivity contribution in [3.05, 3.63) is 0 Å². The highest BCUT2D eigenvalue weighted by molar-refractivity contribution is 7.45. The maximum Gasteiger partial charge on any atom is 0.267 e. The smallest absolute Gasteiger partial charge is 0.267 e. The standard InChI is InChI=1S/C21H46N.C2H7O4P/c1-5-6-7-8-9-10-11-12-13-14-15-16-17-18-19-20-21-22(2,3)4;1-5-7(3,4)6-2/h5-21H2,1-4H3;1-2H3,(H,3,4)/q+1;/p-1. The minimum atomic E-state index is -3.90. The molecule has 0 aromatic heterocycles. The lowest BCUT2D eigenvalue weighted by Crippen LogP contribution is -2.35. The molecule has 0 radical (unpaired) electrons. The maximum atomic E-state index is 9.95. The van der Waals surface area contributed by atoms with Crippen molar-refractivity contribution in [1.82, 2.24) is 0 Å². The summed E-state index contributed by atoms with van der Waals surface area (Å²) in [4.78, 5) is 9.95. The van der Waals surface area contributed by atoms with Gasteiger partial charge in [0.15, 0.2) is 0 Å². The van der Waals surface area contributed by atoms with E-state index in [2.05, 4.69) is 37.1 Å². The lowest BCUT2D eigenvalue weighted by atomic mass is 10.0. The number of rotatable bonds is 19. The third-order valence-electron chi connectivity index (χ3n) is 5.13. The van der Waals surface area contributed by atoms with Gasteiger partial charge in [0.05, 0.1) is 27.7 Å². The zero-order valence-electron chi connectivity index (χ0n) is 20.5. The topological polar surface area (TPSA) is 58.6 Å². The van der Waals surface area contributed by atoms with Crippen LogP contribution in [-0.2, 0) is 13.6 Å². The van der Waals surface area contributed by atoms with Crippen molar-refractivity contribution in [3.63, 3.8) is 0 Å². The Morgan fingerprint density at radius 2 is 0.897 bits per heavy atom. The highest BCUT2D eigenvalue weighted by Gasteiger charge is 2.05. The largest absolute Gasteiger partial charge is 0.756 e. The number of nitrogens with zero attached hydrogens (tertiary/aromatic N) is 1. The number of hydrogen-bond acceptors (Lipinski definition) is 4. The quantitative estimate of drug-likeness (QED) is 0.128. The van der Waals surface area contributed by atoms with Gasteiger partial charge >= 0.3 is 0 Å². The van der Waals surface area contributed by atoms with E-state index in [1.165, 1.54) is 109 Å². The molecule has 0 aromatic rings. The molecule has 5 nitrogen and oxygen atoms in total. The van der Waals surface area contributed by atoms with Gasteiger partial charge in [0.2, 0.25) is 0 Å². The van der Waals surface area contributed by atoms with Crippen LogP contribution in [0.1, 0.15) is 110 Å². The summed E-state index contributed by atoms with van der Waals surface area (Å²) in [6.45, 7) is 3.63. The van der Waals surface area contributed by atoms with E-state index in [0.717, 1.165) is 18.7 Å². The van der Waals surface area contributed by atoms with Gasteiger partial charge in [-0.05, 0) is 12.8 Å². The Kier molecular flexibility index (Phi) is 23.0. The molecule has 0 spiro atoms. The zero-order valence-corrected chi connectivity index (χ0v) is 21.4. The minimum Gasteiger partial charge on any atom is -0.756 e. The Hall–Kier alpha value is 0.0700. The first-order valence-electron chi connectivity index (χ1n) is 11.9. The molecular weight excluding hydrogens is 385 g/mol. The molecule has 0 heterocycles. The van der Waals surface area contributed by atoms with Gasteiger partial charge in [-0.1, -0.05) is 96.8 Å². The predicted octanol–water partition coefficient (Wildman–Crippen LogP) is 6.70. The molecule has 178 valence electrons. The molecule has 0 fully saturated rings. The van der Waals surface area contributed by atoms with E-state index >= 15 is 0 Å². The highest BCUT2D eigenvalue weighted by Crippen LogP contribution is 2.34.